The van der Waals surface area contributed by atoms with Gasteiger partial charge in [-0.25, -0.2) is 4.98 Å². The monoisotopic (exact) mass is 255 g/mol. The van der Waals surface area contributed by atoms with Gasteiger partial charge >= 0.3 is 0 Å². The maximum atomic E-state index is 9.03. The number of rotatable bonds is 3. The Bertz CT molecular complexity index is 602. The Hall–Kier alpha value is -1.99. The molecular formula is C14H13N3S. The van der Waals surface area contributed by atoms with Crippen molar-refractivity contribution in [2.24, 2.45) is 0 Å². The van der Waals surface area contributed by atoms with Crippen LogP contribution in [-0.2, 0) is 5.75 Å². The average Bonchev–Trinajstić information content (AvgIpc) is 2.37. The zero-order valence-electron chi connectivity index (χ0n) is 10.1. The second-order valence-electron chi connectivity index (χ2n) is 3.95. The van der Waals surface area contributed by atoms with Gasteiger partial charge in [0.2, 0.25) is 0 Å². The second kappa shape index (κ2) is 5.56. The van der Waals surface area contributed by atoms with Crippen molar-refractivity contribution in [1.82, 2.24) is 4.98 Å². The molecule has 1 aromatic heterocycles. The predicted octanol–water partition coefficient (Wildman–Crippen LogP) is 3.14. The fraction of sp³-hybridized carbons (Fsp3) is 0.143. The molecule has 18 heavy (non-hydrogen) atoms. The summed E-state index contributed by atoms with van der Waals surface area (Å²) in [6.45, 7) is 1.92. The van der Waals surface area contributed by atoms with Crippen LogP contribution in [0.2, 0.25) is 0 Å². The van der Waals surface area contributed by atoms with E-state index in [9.17, 15) is 0 Å². The third-order valence-corrected chi connectivity index (χ3v) is 3.51. The van der Waals surface area contributed by atoms with Crippen LogP contribution in [-0.4, -0.2) is 4.98 Å². The zero-order valence-corrected chi connectivity index (χ0v) is 10.9. The molecule has 3 nitrogen and oxygen atoms in total. The lowest BCUT2D eigenvalue weighted by Gasteiger charge is -2.05. The number of nitrogens with zero attached hydrogens (tertiary/aromatic N) is 2. The average molecular weight is 255 g/mol. The second-order valence-corrected chi connectivity index (χ2v) is 4.91. The lowest BCUT2D eigenvalue weighted by Crippen LogP contribution is -1.91. The summed E-state index contributed by atoms with van der Waals surface area (Å²) in [6.07, 6.45) is 0. The molecule has 1 heterocycles. The highest BCUT2D eigenvalue weighted by Gasteiger charge is 2.05. The minimum absolute atomic E-state index is 0.620. The summed E-state index contributed by atoms with van der Waals surface area (Å²) in [7, 11) is 0. The summed E-state index contributed by atoms with van der Waals surface area (Å²) >= 11 is 1.56. The van der Waals surface area contributed by atoms with Crippen LogP contribution in [0.15, 0.2) is 41.4 Å². The summed E-state index contributed by atoms with van der Waals surface area (Å²) < 4.78 is 0. The van der Waals surface area contributed by atoms with Gasteiger partial charge in [-0.15, -0.1) is 11.8 Å². The number of hydrogen-bond acceptors (Lipinski definition) is 4. The van der Waals surface area contributed by atoms with Crippen molar-refractivity contribution in [3.63, 3.8) is 0 Å². The Morgan fingerprint density at radius 2 is 2.17 bits per heavy atom. The van der Waals surface area contributed by atoms with Crippen molar-refractivity contribution in [3.8, 4) is 6.07 Å². The first-order valence-corrected chi connectivity index (χ1v) is 6.52. The van der Waals surface area contributed by atoms with E-state index in [1.54, 1.807) is 11.8 Å². The van der Waals surface area contributed by atoms with Crippen LogP contribution in [0.1, 0.15) is 16.8 Å². The number of hydrogen-bond donors (Lipinski definition) is 1. The SMILES string of the molecule is Cc1ccc(C#N)c(SCc2cccc(N)c2)n1. The molecule has 0 saturated heterocycles. The normalized spacial score (nSPS) is 10.0. The van der Waals surface area contributed by atoms with Crippen LogP contribution >= 0.6 is 11.8 Å². The molecule has 0 bridgehead atoms. The van der Waals surface area contributed by atoms with E-state index < -0.39 is 0 Å². The third-order valence-electron chi connectivity index (χ3n) is 2.45. The summed E-state index contributed by atoms with van der Waals surface area (Å²) in [5.74, 6) is 0.760. The Morgan fingerprint density at radius 3 is 2.89 bits per heavy atom. The number of aryl methyl sites for hydroxylation is 1. The molecule has 0 radical (unpaired) electrons. The molecule has 4 heteroatoms. The van der Waals surface area contributed by atoms with Crippen LogP contribution in [0.5, 0.6) is 0 Å². The van der Waals surface area contributed by atoms with Crippen molar-refractivity contribution in [2.75, 3.05) is 5.73 Å². The first-order valence-electron chi connectivity index (χ1n) is 5.54. The van der Waals surface area contributed by atoms with E-state index in [1.165, 1.54) is 0 Å². The minimum atomic E-state index is 0.620. The zero-order chi connectivity index (χ0) is 13.0. The number of nitrogen functional groups attached to an aromatic ring is 1. The van der Waals surface area contributed by atoms with E-state index in [1.807, 2.05) is 43.3 Å². The van der Waals surface area contributed by atoms with Gasteiger partial charge in [-0.05, 0) is 36.8 Å². The Labute approximate surface area is 111 Å². The minimum Gasteiger partial charge on any atom is -0.399 e. The molecule has 0 aliphatic carbocycles. The smallest absolute Gasteiger partial charge is 0.114 e. The number of nitriles is 1. The van der Waals surface area contributed by atoms with Gasteiger partial charge in [-0.3, -0.25) is 0 Å². The highest BCUT2D eigenvalue weighted by atomic mass is 32.2. The fourth-order valence-corrected chi connectivity index (χ4v) is 2.52. The van der Waals surface area contributed by atoms with Gasteiger partial charge in [0.15, 0.2) is 0 Å². The molecule has 0 unspecified atom stereocenters. The van der Waals surface area contributed by atoms with E-state index in [-0.39, 0.29) is 0 Å². The Morgan fingerprint density at radius 1 is 1.33 bits per heavy atom. The summed E-state index contributed by atoms with van der Waals surface area (Å²) in [6, 6.07) is 13.6. The van der Waals surface area contributed by atoms with Crippen molar-refractivity contribution in [1.29, 1.82) is 5.26 Å². The standard InChI is InChI=1S/C14H13N3S/c1-10-5-6-12(8-15)14(17-10)18-9-11-3-2-4-13(16)7-11/h2-7H,9,16H2,1H3. The molecule has 2 N–H and O–H groups in total. The highest BCUT2D eigenvalue weighted by molar-refractivity contribution is 7.98. The lowest BCUT2D eigenvalue weighted by molar-refractivity contribution is 1.05. The van der Waals surface area contributed by atoms with Gasteiger partial charge in [0.25, 0.3) is 0 Å². The predicted molar refractivity (Wildman–Crippen MR) is 74.1 cm³/mol. The molecule has 90 valence electrons. The molecule has 2 rings (SSSR count). The molecule has 0 spiro atoms. The Kier molecular flexibility index (Phi) is 3.85. The van der Waals surface area contributed by atoms with E-state index in [4.69, 9.17) is 11.0 Å². The molecular weight excluding hydrogens is 242 g/mol. The third kappa shape index (κ3) is 3.02. The molecule has 2 aromatic rings. The fourth-order valence-electron chi connectivity index (χ4n) is 1.56. The van der Waals surface area contributed by atoms with E-state index in [2.05, 4.69) is 11.1 Å². The number of benzene rings is 1. The maximum Gasteiger partial charge on any atom is 0.114 e. The Balaban J connectivity index is 2.15. The van der Waals surface area contributed by atoms with Crippen molar-refractivity contribution < 1.29 is 0 Å². The maximum absolute atomic E-state index is 9.03. The summed E-state index contributed by atoms with van der Waals surface area (Å²) in [5, 5.41) is 9.81. The molecule has 0 aliphatic heterocycles. The number of nitrogens with two attached hydrogens (primary N) is 1. The van der Waals surface area contributed by atoms with Gasteiger partial charge in [-0.2, -0.15) is 5.26 Å². The summed E-state index contributed by atoms with van der Waals surface area (Å²) in [5.41, 5.74) is 9.16. The molecule has 0 fully saturated rings. The first kappa shape index (κ1) is 12.5. The number of thioether (sulfide) groups is 1. The quantitative estimate of drug-likeness (QED) is 0.676. The molecule has 0 aliphatic rings. The van der Waals surface area contributed by atoms with Crippen LogP contribution in [0.3, 0.4) is 0 Å². The van der Waals surface area contributed by atoms with Crippen LogP contribution in [0.25, 0.3) is 0 Å². The topological polar surface area (TPSA) is 62.7 Å². The molecule has 0 saturated carbocycles. The van der Waals surface area contributed by atoms with Gasteiger partial charge in [0.1, 0.15) is 11.1 Å². The van der Waals surface area contributed by atoms with Gasteiger partial charge in [0.05, 0.1) is 5.56 Å². The number of aromatic nitrogens is 1. The van der Waals surface area contributed by atoms with Crippen LogP contribution in [0, 0.1) is 18.3 Å². The van der Waals surface area contributed by atoms with Crippen LogP contribution in [0.4, 0.5) is 5.69 Å². The van der Waals surface area contributed by atoms with E-state index >= 15 is 0 Å². The largest absolute Gasteiger partial charge is 0.399 e. The lowest BCUT2D eigenvalue weighted by atomic mass is 10.2. The van der Waals surface area contributed by atoms with Crippen molar-refractivity contribution in [3.05, 3.63) is 53.2 Å². The molecule has 0 amide bonds. The van der Waals surface area contributed by atoms with E-state index in [0.29, 0.717) is 5.56 Å². The molecule has 1 aromatic carbocycles. The number of pyridine rings is 1. The van der Waals surface area contributed by atoms with Gasteiger partial charge in [0, 0.05) is 17.1 Å². The van der Waals surface area contributed by atoms with Crippen molar-refractivity contribution >= 4 is 17.4 Å². The highest BCUT2D eigenvalue weighted by Crippen LogP contribution is 2.25. The molecule has 0 atom stereocenters. The van der Waals surface area contributed by atoms with Crippen LogP contribution < -0.4 is 5.73 Å². The summed E-state index contributed by atoms with van der Waals surface area (Å²) in [4.78, 5) is 4.39. The van der Waals surface area contributed by atoms with Crippen molar-refractivity contribution in [2.45, 2.75) is 17.7 Å². The first-order chi connectivity index (χ1) is 8.69. The van der Waals surface area contributed by atoms with E-state index in [0.717, 1.165) is 27.7 Å². The van der Waals surface area contributed by atoms with Gasteiger partial charge in [-0.1, -0.05) is 12.1 Å². The van der Waals surface area contributed by atoms with Gasteiger partial charge < -0.3 is 5.73 Å². The number of anilines is 1.